The van der Waals surface area contributed by atoms with Gasteiger partial charge in [0.25, 0.3) is 5.91 Å². The van der Waals surface area contributed by atoms with Crippen molar-refractivity contribution in [1.82, 2.24) is 20.3 Å². The fraction of sp³-hybridized carbons (Fsp3) is 0.421. The third-order valence-corrected chi connectivity index (χ3v) is 3.83. The molecule has 10 heteroatoms. The van der Waals surface area contributed by atoms with Gasteiger partial charge in [0.05, 0.1) is 24.4 Å². The largest absolute Gasteiger partial charge is 0.483 e. The monoisotopic (exact) mass is 410 g/mol. The van der Waals surface area contributed by atoms with E-state index in [0.717, 1.165) is 6.20 Å². The molecule has 1 amide bonds. The molecule has 1 N–H and O–H groups in total. The second kappa shape index (κ2) is 9.44. The summed E-state index contributed by atoms with van der Waals surface area (Å²) in [6.45, 7) is 3.80. The van der Waals surface area contributed by atoms with E-state index in [0.29, 0.717) is 23.6 Å². The summed E-state index contributed by atoms with van der Waals surface area (Å²) in [5, 5.41) is 2.71. The van der Waals surface area contributed by atoms with Gasteiger partial charge in [0, 0.05) is 12.1 Å². The minimum absolute atomic E-state index is 0.00951. The Morgan fingerprint density at radius 1 is 1.24 bits per heavy atom. The third-order valence-electron chi connectivity index (χ3n) is 3.83. The summed E-state index contributed by atoms with van der Waals surface area (Å²) in [5.74, 6) is -0.224. The maximum absolute atomic E-state index is 12.4. The number of alkyl halides is 3. The molecule has 0 aromatic carbocycles. The lowest BCUT2D eigenvalue weighted by molar-refractivity contribution is -0.153. The maximum atomic E-state index is 12.4. The Labute approximate surface area is 165 Å². The van der Waals surface area contributed by atoms with Gasteiger partial charge in [0.15, 0.2) is 6.61 Å². The Balaban J connectivity index is 2.04. The van der Waals surface area contributed by atoms with Gasteiger partial charge >= 0.3 is 6.18 Å². The van der Waals surface area contributed by atoms with Crippen LogP contribution in [0.25, 0.3) is 0 Å². The van der Waals surface area contributed by atoms with Gasteiger partial charge in [-0.1, -0.05) is 6.92 Å². The van der Waals surface area contributed by atoms with Crippen LogP contribution in [0.3, 0.4) is 0 Å². The zero-order chi connectivity index (χ0) is 21.6. The number of aryl methyl sites for hydroxylation is 1. The number of nitrogens with one attached hydrogen (secondary N) is 1. The first kappa shape index (κ1) is 22.3. The molecule has 29 heavy (non-hydrogen) atoms. The molecule has 2 aromatic heterocycles. The van der Waals surface area contributed by atoms with Gasteiger partial charge in [-0.15, -0.1) is 0 Å². The van der Waals surface area contributed by atoms with Gasteiger partial charge in [0.1, 0.15) is 23.1 Å². The molecule has 0 saturated carbocycles. The molecule has 0 radical (unpaired) electrons. The van der Waals surface area contributed by atoms with E-state index in [-0.39, 0.29) is 23.6 Å². The van der Waals surface area contributed by atoms with Crippen molar-refractivity contribution in [1.29, 1.82) is 0 Å². The highest BCUT2D eigenvalue weighted by atomic mass is 19.4. The highest BCUT2D eigenvalue weighted by Gasteiger charge is 2.28. The molecule has 0 aliphatic heterocycles. The summed E-state index contributed by atoms with van der Waals surface area (Å²) < 4.78 is 41.0. The van der Waals surface area contributed by atoms with Gasteiger partial charge in [-0.25, -0.2) is 15.0 Å². The van der Waals surface area contributed by atoms with Gasteiger partial charge in [0.2, 0.25) is 0 Å². The van der Waals surface area contributed by atoms with E-state index in [1.807, 2.05) is 0 Å². The minimum atomic E-state index is -4.46. The highest BCUT2D eigenvalue weighted by molar-refractivity contribution is 5.92. The van der Waals surface area contributed by atoms with E-state index in [1.54, 1.807) is 26.8 Å². The topological polar surface area (TPSA) is 94.1 Å². The number of rotatable bonds is 8. The minimum Gasteiger partial charge on any atom is -0.483 e. The number of hydrogen-bond donors (Lipinski definition) is 1. The number of Topliss-reactive ketones (excluding diaryl/α,β-unsaturated/α-hetero) is 1. The van der Waals surface area contributed by atoms with Crippen LogP contribution in [0, 0.1) is 6.92 Å². The summed E-state index contributed by atoms with van der Waals surface area (Å²) in [5.41, 5.74) is 1.22. The molecule has 0 fully saturated rings. The SMILES string of the molecule is CCC(=O)Cc1nc(C)cc(C(C)NC(=O)c2ccc(OCC(F)(F)F)cn2)n1. The Morgan fingerprint density at radius 3 is 2.55 bits per heavy atom. The van der Waals surface area contributed by atoms with Crippen molar-refractivity contribution in [2.45, 2.75) is 45.8 Å². The highest BCUT2D eigenvalue weighted by Crippen LogP contribution is 2.18. The number of ketones is 1. The first-order chi connectivity index (χ1) is 13.6. The van der Waals surface area contributed by atoms with Crippen LogP contribution in [0.15, 0.2) is 24.4 Å². The Morgan fingerprint density at radius 2 is 1.97 bits per heavy atom. The molecule has 0 aliphatic rings. The van der Waals surface area contributed by atoms with Crippen LogP contribution < -0.4 is 10.1 Å². The van der Waals surface area contributed by atoms with E-state index in [2.05, 4.69) is 25.0 Å². The molecule has 0 bridgehead atoms. The lowest BCUT2D eigenvalue weighted by atomic mass is 10.1. The summed E-state index contributed by atoms with van der Waals surface area (Å²) in [7, 11) is 0. The third kappa shape index (κ3) is 7.13. The molecule has 1 atom stereocenters. The van der Waals surface area contributed by atoms with Gasteiger partial charge in [-0.3, -0.25) is 9.59 Å². The number of aromatic nitrogens is 3. The van der Waals surface area contributed by atoms with Crippen LogP contribution in [0.5, 0.6) is 5.75 Å². The zero-order valence-corrected chi connectivity index (χ0v) is 16.2. The van der Waals surface area contributed by atoms with Crippen LogP contribution in [0.2, 0.25) is 0 Å². The van der Waals surface area contributed by atoms with Crippen LogP contribution in [-0.4, -0.2) is 39.4 Å². The Kier molecular flexibility index (Phi) is 7.24. The fourth-order valence-electron chi connectivity index (χ4n) is 2.37. The van der Waals surface area contributed by atoms with Crippen molar-refractivity contribution in [2.75, 3.05) is 6.61 Å². The standard InChI is InChI=1S/C19H21F3N4O3/c1-4-13(27)8-17-24-11(2)7-16(26-17)12(3)25-18(28)15-6-5-14(9-23-15)29-10-19(20,21)22/h5-7,9,12H,4,8,10H2,1-3H3,(H,25,28). The smallest absolute Gasteiger partial charge is 0.422 e. The number of hydrogen-bond acceptors (Lipinski definition) is 6. The maximum Gasteiger partial charge on any atom is 0.422 e. The van der Waals surface area contributed by atoms with Crippen molar-refractivity contribution >= 4 is 11.7 Å². The zero-order valence-electron chi connectivity index (χ0n) is 16.2. The number of ether oxygens (including phenoxy) is 1. The van der Waals surface area contributed by atoms with E-state index in [9.17, 15) is 22.8 Å². The Hall–Kier alpha value is -3.04. The van der Waals surface area contributed by atoms with E-state index >= 15 is 0 Å². The molecule has 0 aliphatic carbocycles. The molecule has 156 valence electrons. The number of carbonyl (C=O) groups excluding carboxylic acids is 2. The molecule has 0 spiro atoms. The van der Waals surface area contributed by atoms with Crippen LogP contribution in [-0.2, 0) is 11.2 Å². The van der Waals surface area contributed by atoms with Gasteiger partial charge in [-0.2, -0.15) is 13.2 Å². The average molecular weight is 410 g/mol. The van der Waals surface area contributed by atoms with E-state index in [1.165, 1.54) is 12.1 Å². The quantitative estimate of drug-likeness (QED) is 0.719. The number of amides is 1. The van der Waals surface area contributed by atoms with Gasteiger partial charge in [-0.05, 0) is 32.0 Å². The Bertz CT molecular complexity index is 870. The molecule has 2 rings (SSSR count). The number of pyridine rings is 1. The first-order valence-electron chi connectivity index (χ1n) is 8.90. The number of nitrogens with zero attached hydrogens (tertiary/aromatic N) is 3. The summed E-state index contributed by atoms with van der Waals surface area (Å²) in [6, 6.07) is 3.71. The van der Waals surface area contributed by atoms with E-state index < -0.39 is 24.7 Å². The summed E-state index contributed by atoms with van der Waals surface area (Å²) >= 11 is 0. The van der Waals surface area contributed by atoms with Crippen LogP contribution >= 0.6 is 0 Å². The molecule has 2 aromatic rings. The van der Waals surface area contributed by atoms with Crippen LogP contribution in [0.4, 0.5) is 13.2 Å². The fourth-order valence-corrected chi connectivity index (χ4v) is 2.37. The molecular formula is C19H21F3N4O3. The van der Waals surface area contributed by atoms with Crippen molar-refractivity contribution in [2.24, 2.45) is 0 Å². The van der Waals surface area contributed by atoms with Crippen LogP contribution in [0.1, 0.15) is 54.0 Å². The summed E-state index contributed by atoms with van der Waals surface area (Å²) in [4.78, 5) is 36.4. The second-order valence-electron chi connectivity index (χ2n) is 6.40. The van der Waals surface area contributed by atoms with Crippen molar-refractivity contribution in [3.05, 3.63) is 47.3 Å². The average Bonchev–Trinajstić information content (AvgIpc) is 2.65. The molecule has 0 saturated heterocycles. The normalized spacial score (nSPS) is 12.3. The molecular weight excluding hydrogens is 389 g/mol. The molecule has 1 unspecified atom stereocenters. The predicted molar refractivity (Wildman–Crippen MR) is 97.4 cm³/mol. The van der Waals surface area contributed by atoms with Crippen molar-refractivity contribution in [3.8, 4) is 5.75 Å². The first-order valence-corrected chi connectivity index (χ1v) is 8.90. The number of carbonyl (C=O) groups is 2. The summed E-state index contributed by atoms with van der Waals surface area (Å²) in [6.07, 6.45) is -2.91. The van der Waals surface area contributed by atoms with Crippen molar-refractivity contribution in [3.63, 3.8) is 0 Å². The van der Waals surface area contributed by atoms with Gasteiger partial charge < -0.3 is 10.1 Å². The predicted octanol–water partition coefficient (Wildman–Crippen LogP) is 3.13. The van der Waals surface area contributed by atoms with E-state index in [4.69, 9.17) is 0 Å². The van der Waals surface area contributed by atoms with Crippen molar-refractivity contribution < 1.29 is 27.5 Å². The molecule has 7 nitrogen and oxygen atoms in total. The molecule has 2 heterocycles. The lowest BCUT2D eigenvalue weighted by Gasteiger charge is -2.15. The lowest BCUT2D eigenvalue weighted by Crippen LogP contribution is -2.28. The number of halogens is 3. The second-order valence-corrected chi connectivity index (χ2v) is 6.40.